The average Bonchev–Trinajstić information content (AvgIpc) is 2.96. The van der Waals surface area contributed by atoms with E-state index in [1.807, 2.05) is 23.1 Å². The third kappa shape index (κ3) is 3.84. The van der Waals surface area contributed by atoms with Crippen LogP contribution >= 0.6 is 0 Å². The number of morpholine rings is 1. The molecule has 0 spiro atoms. The molecule has 0 saturated carbocycles. The Morgan fingerprint density at radius 1 is 1.19 bits per heavy atom. The molecule has 1 amide bonds. The van der Waals surface area contributed by atoms with E-state index in [9.17, 15) is 4.79 Å². The van der Waals surface area contributed by atoms with Crippen LogP contribution in [0.1, 0.15) is 50.5 Å². The molecule has 3 rings (SSSR count). The second-order valence-corrected chi connectivity index (χ2v) is 8.95. The summed E-state index contributed by atoms with van der Waals surface area (Å²) in [5, 5.41) is 0. The molecule has 0 aliphatic carbocycles. The molecule has 0 N–H and O–H groups in total. The van der Waals surface area contributed by atoms with E-state index in [0.717, 1.165) is 11.3 Å². The number of ether oxygens (including phenoxy) is 3. The third-order valence-corrected chi connectivity index (χ3v) is 5.22. The molecule has 2 heterocycles. The van der Waals surface area contributed by atoms with E-state index in [2.05, 4.69) is 34.6 Å². The van der Waals surface area contributed by atoms with Gasteiger partial charge in [0, 0.05) is 24.1 Å². The Morgan fingerprint density at radius 2 is 1.85 bits per heavy atom. The highest BCUT2D eigenvalue weighted by Gasteiger charge is 2.41. The third-order valence-electron chi connectivity index (χ3n) is 5.22. The summed E-state index contributed by atoms with van der Waals surface area (Å²) in [6.45, 7) is 14.1. The van der Waals surface area contributed by atoms with Gasteiger partial charge in [0.1, 0.15) is 11.5 Å². The predicted molar refractivity (Wildman–Crippen MR) is 106 cm³/mol. The smallest absolute Gasteiger partial charge is 0.257 e. The summed E-state index contributed by atoms with van der Waals surface area (Å²) in [6, 6.07) is 5.75. The molecule has 0 radical (unpaired) electrons. The van der Waals surface area contributed by atoms with Crippen molar-refractivity contribution >= 4 is 11.7 Å². The summed E-state index contributed by atoms with van der Waals surface area (Å²) < 4.78 is 17.0. The van der Waals surface area contributed by atoms with Gasteiger partial charge < -0.3 is 19.1 Å². The number of rotatable bonds is 3. The molecule has 0 bridgehead atoms. The Morgan fingerprint density at radius 3 is 2.44 bits per heavy atom. The van der Waals surface area contributed by atoms with Crippen LogP contribution in [0.15, 0.2) is 23.8 Å². The highest BCUT2D eigenvalue weighted by molar-refractivity contribution is 5.97. The second-order valence-electron chi connectivity index (χ2n) is 8.95. The first kappa shape index (κ1) is 19.7. The van der Waals surface area contributed by atoms with Gasteiger partial charge in [-0.1, -0.05) is 40.7 Å². The van der Waals surface area contributed by atoms with E-state index in [1.54, 1.807) is 7.11 Å². The van der Waals surface area contributed by atoms with Crippen molar-refractivity contribution in [2.24, 2.45) is 10.8 Å². The van der Waals surface area contributed by atoms with E-state index in [-0.39, 0.29) is 16.7 Å². The number of carbonyl (C=O) groups excluding carboxylic acids is 1. The monoisotopic (exact) mass is 373 g/mol. The van der Waals surface area contributed by atoms with Gasteiger partial charge in [-0.2, -0.15) is 0 Å². The molecule has 5 heteroatoms. The van der Waals surface area contributed by atoms with Crippen molar-refractivity contribution in [2.75, 3.05) is 40.0 Å². The van der Waals surface area contributed by atoms with Gasteiger partial charge in [0.15, 0.2) is 0 Å². The van der Waals surface area contributed by atoms with E-state index in [4.69, 9.17) is 14.2 Å². The molecule has 0 unspecified atom stereocenters. The van der Waals surface area contributed by atoms with Gasteiger partial charge in [-0.25, -0.2) is 0 Å². The number of hydrogen-bond acceptors (Lipinski definition) is 4. The Bertz CT molecular complexity index is 752. The summed E-state index contributed by atoms with van der Waals surface area (Å²) >= 11 is 0. The van der Waals surface area contributed by atoms with Crippen LogP contribution in [0.25, 0.3) is 5.76 Å². The molecular formula is C22H31NO4. The highest BCUT2D eigenvalue weighted by Crippen LogP contribution is 2.49. The van der Waals surface area contributed by atoms with Gasteiger partial charge in [-0.05, 0) is 23.1 Å². The van der Waals surface area contributed by atoms with Crippen molar-refractivity contribution in [2.45, 2.75) is 34.6 Å². The van der Waals surface area contributed by atoms with Crippen LogP contribution in [-0.2, 0) is 9.47 Å². The lowest BCUT2D eigenvalue weighted by Crippen LogP contribution is -2.40. The summed E-state index contributed by atoms with van der Waals surface area (Å²) in [6.07, 6.45) is 0. The SMILES string of the molecule is COc1cc(C2=C(C(C)(C)C)C(C)(C)CO2)ccc1C(=O)N1CCOCC1. The topological polar surface area (TPSA) is 48.0 Å². The largest absolute Gasteiger partial charge is 0.496 e. The van der Waals surface area contributed by atoms with E-state index >= 15 is 0 Å². The number of hydrogen-bond donors (Lipinski definition) is 0. The summed E-state index contributed by atoms with van der Waals surface area (Å²) in [4.78, 5) is 14.7. The van der Waals surface area contributed by atoms with Crippen LogP contribution in [0.3, 0.4) is 0 Å². The van der Waals surface area contributed by atoms with Gasteiger partial charge in [0.2, 0.25) is 0 Å². The standard InChI is InChI=1S/C22H31NO4/c1-21(2,3)19-18(27-14-22(19,4)5)15-7-8-16(17(13-15)25-6)20(24)23-9-11-26-12-10-23/h7-8,13H,9-12,14H2,1-6H3. The zero-order valence-corrected chi connectivity index (χ0v) is 17.3. The molecular weight excluding hydrogens is 342 g/mol. The Labute approximate surface area is 162 Å². The fourth-order valence-corrected chi connectivity index (χ4v) is 4.23. The Balaban J connectivity index is 2.00. The van der Waals surface area contributed by atoms with Gasteiger partial charge in [0.05, 0.1) is 32.5 Å². The van der Waals surface area contributed by atoms with E-state index < -0.39 is 0 Å². The van der Waals surface area contributed by atoms with E-state index in [0.29, 0.717) is 44.2 Å². The molecule has 5 nitrogen and oxygen atoms in total. The molecule has 1 fully saturated rings. The van der Waals surface area contributed by atoms with Crippen LogP contribution in [0.4, 0.5) is 0 Å². The zero-order valence-electron chi connectivity index (χ0n) is 17.3. The lowest BCUT2D eigenvalue weighted by Gasteiger charge is -2.31. The molecule has 1 saturated heterocycles. The minimum atomic E-state index is -0.0247. The van der Waals surface area contributed by atoms with Crippen LogP contribution < -0.4 is 4.74 Å². The molecule has 1 aromatic rings. The van der Waals surface area contributed by atoms with E-state index in [1.165, 1.54) is 5.57 Å². The quantitative estimate of drug-likeness (QED) is 0.804. The minimum absolute atomic E-state index is 0.00907. The second kappa shape index (κ2) is 7.19. The normalized spacial score (nSPS) is 19.9. The minimum Gasteiger partial charge on any atom is -0.496 e. The van der Waals surface area contributed by atoms with Crippen molar-refractivity contribution < 1.29 is 19.0 Å². The van der Waals surface area contributed by atoms with Crippen molar-refractivity contribution in [1.29, 1.82) is 0 Å². The average molecular weight is 373 g/mol. The zero-order chi connectivity index (χ0) is 19.8. The number of amides is 1. The van der Waals surface area contributed by atoms with Crippen LogP contribution in [0, 0.1) is 10.8 Å². The van der Waals surface area contributed by atoms with Gasteiger partial charge >= 0.3 is 0 Å². The Hall–Kier alpha value is -2.01. The van der Waals surface area contributed by atoms with Crippen LogP contribution in [-0.4, -0.2) is 50.8 Å². The van der Waals surface area contributed by atoms with Crippen molar-refractivity contribution in [1.82, 2.24) is 4.90 Å². The number of benzene rings is 1. The van der Waals surface area contributed by atoms with Crippen LogP contribution in [0.5, 0.6) is 5.75 Å². The predicted octanol–water partition coefficient (Wildman–Crippen LogP) is 3.98. The molecule has 0 aromatic heterocycles. The van der Waals surface area contributed by atoms with Gasteiger partial charge in [-0.3, -0.25) is 4.79 Å². The molecule has 0 atom stereocenters. The lowest BCUT2D eigenvalue weighted by atomic mass is 9.71. The fourth-order valence-electron chi connectivity index (χ4n) is 4.23. The van der Waals surface area contributed by atoms with Gasteiger partial charge in [0.25, 0.3) is 5.91 Å². The first-order valence-corrected chi connectivity index (χ1v) is 9.58. The maximum Gasteiger partial charge on any atom is 0.257 e. The summed E-state index contributed by atoms with van der Waals surface area (Å²) in [5.41, 5.74) is 2.80. The lowest BCUT2D eigenvalue weighted by molar-refractivity contribution is 0.0301. The van der Waals surface area contributed by atoms with Gasteiger partial charge in [-0.15, -0.1) is 0 Å². The highest BCUT2D eigenvalue weighted by atomic mass is 16.5. The van der Waals surface area contributed by atoms with Crippen LogP contribution in [0.2, 0.25) is 0 Å². The summed E-state index contributed by atoms with van der Waals surface area (Å²) in [5.74, 6) is 1.48. The first-order valence-electron chi connectivity index (χ1n) is 9.58. The Kier molecular flexibility index (Phi) is 5.26. The number of nitrogens with zero attached hydrogens (tertiary/aromatic N) is 1. The van der Waals surface area contributed by atoms with Crippen molar-refractivity contribution in [3.05, 3.63) is 34.9 Å². The molecule has 27 heavy (non-hydrogen) atoms. The molecule has 1 aromatic carbocycles. The summed E-state index contributed by atoms with van der Waals surface area (Å²) in [7, 11) is 1.60. The first-order chi connectivity index (χ1) is 12.6. The van der Waals surface area contributed by atoms with Crippen molar-refractivity contribution in [3.8, 4) is 5.75 Å². The molecule has 2 aliphatic rings. The number of carbonyl (C=O) groups is 1. The maximum absolute atomic E-state index is 12.9. The fraction of sp³-hybridized carbons (Fsp3) is 0.591. The van der Waals surface area contributed by atoms with Crippen molar-refractivity contribution in [3.63, 3.8) is 0 Å². The maximum atomic E-state index is 12.9. The number of methoxy groups -OCH3 is 1. The molecule has 2 aliphatic heterocycles. The molecule has 148 valence electrons.